The van der Waals surface area contributed by atoms with Gasteiger partial charge in [-0.25, -0.2) is 15.0 Å². The summed E-state index contributed by atoms with van der Waals surface area (Å²) in [6, 6.07) is 52.0. The summed E-state index contributed by atoms with van der Waals surface area (Å²) in [7, 11) is 0. The molecule has 2 heterocycles. The van der Waals surface area contributed by atoms with Gasteiger partial charge < -0.3 is 4.57 Å². The van der Waals surface area contributed by atoms with E-state index in [4.69, 9.17) is 15.0 Å². The van der Waals surface area contributed by atoms with Crippen molar-refractivity contribution in [1.29, 1.82) is 0 Å². The quantitative estimate of drug-likeness (QED) is 0.173. The van der Waals surface area contributed by atoms with Gasteiger partial charge in [0.15, 0.2) is 17.5 Å². The summed E-state index contributed by atoms with van der Waals surface area (Å²) in [5.41, 5.74) is 19.1. The van der Waals surface area contributed by atoms with Crippen LogP contribution in [-0.2, 0) is 0 Å². The number of hydrogen-bond donors (Lipinski definition) is 0. The van der Waals surface area contributed by atoms with Crippen LogP contribution in [0.2, 0.25) is 0 Å². The number of aromatic nitrogens is 4. The third-order valence-electron chi connectivity index (χ3n) is 10.8. The van der Waals surface area contributed by atoms with Crippen molar-refractivity contribution in [3.63, 3.8) is 0 Å². The molecule has 0 fully saturated rings. The largest absolute Gasteiger partial charge is 0.309 e. The van der Waals surface area contributed by atoms with Gasteiger partial charge in [0.25, 0.3) is 0 Å². The number of hydrogen-bond acceptors (Lipinski definition) is 3. The summed E-state index contributed by atoms with van der Waals surface area (Å²) in [5.74, 6) is 1.95. The lowest BCUT2D eigenvalue weighted by atomic mass is 9.92. The van der Waals surface area contributed by atoms with Crippen LogP contribution in [0, 0.1) is 41.5 Å². The van der Waals surface area contributed by atoms with Crippen LogP contribution in [0.3, 0.4) is 0 Å². The SMILES string of the molecule is Cc1cc(C)c(-c2ccc3c(c2)c2ccc(-c4c(C)cc(C)cc4C)cc2n3-c2ccc(-c3nc(-c4ccccc4)nc(-c4ccccc4)n3)cc2)c(C)c1. The van der Waals surface area contributed by atoms with E-state index in [2.05, 4.69) is 131 Å². The molecule has 0 aliphatic carbocycles. The average molecular weight is 711 g/mol. The van der Waals surface area contributed by atoms with Gasteiger partial charge in [0.05, 0.1) is 11.0 Å². The standard InChI is InChI=1S/C51H42N4/c1-31-25-33(3)47(34(4)26-31)40-20-24-45-44(29-40)43-23-19-41(48-35(5)27-32(2)28-36(48)6)30-46(43)55(45)42-21-17-39(18-22-42)51-53-49(37-13-9-7-10-14-37)52-50(54-51)38-15-11-8-12-16-38/h7-30H,1-6H3. The predicted molar refractivity (Wildman–Crippen MR) is 230 cm³/mol. The number of nitrogens with zero attached hydrogens (tertiary/aromatic N) is 4. The Kier molecular flexibility index (Phi) is 8.47. The van der Waals surface area contributed by atoms with E-state index >= 15 is 0 Å². The Morgan fingerprint density at radius 3 is 1.25 bits per heavy atom. The van der Waals surface area contributed by atoms with Gasteiger partial charge in [-0.3, -0.25) is 0 Å². The third kappa shape index (κ3) is 6.20. The van der Waals surface area contributed by atoms with Gasteiger partial charge >= 0.3 is 0 Å². The number of benzene rings is 7. The van der Waals surface area contributed by atoms with E-state index in [0.29, 0.717) is 17.5 Å². The van der Waals surface area contributed by atoms with Gasteiger partial charge in [-0.2, -0.15) is 0 Å². The van der Waals surface area contributed by atoms with Crippen molar-refractivity contribution in [3.8, 4) is 62.1 Å². The first kappa shape index (κ1) is 34.1. The minimum absolute atomic E-state index is 0.641. The van der Waals surface area contributed by atoms with Crippen molar-refractivity contribution in [2.75, 3.05) is 0 Å². The second-order valence-corrected chi connectivity index (χ2v) is 14.9. The lowest BCUT2D eigenvalue weighted by Crippen LogP contribution is -2.00. The lowest BCUT2D eigenvalue weighted by Gasteiger charge is -2.14. The molecule has 0 spiro atoms. The zero-order valence-electron chi connectivity index (χ0n) is 32.1. The summed E-state index contributed by atoms with van der Waals surface area (Å²) in [6.07, 6.45) is 0. The van der Waals surface area contributed by atoms with Gasteiger partial charge in [0.1, 0.15) is 0 Å². The zero-order valence-corrected chi connectivity index (χ0v) is 32.1. The summed E-state index contributed by atoms with van der Waals surface area (Å²) in [6.45, 7) is 13.2. The Bertz CT molecular complexity index is 2800. The highest BCUT2D eigenvalue weighted by Gasteiger charge is 2.18. The van der Waals surface area contributed by atoms with Crippen LogP contribution < -0.4 is 0 Å². The Balaban J connectivity index is 1.23. The van der Waals surface area contributed by atoms with E-state index in [1.165, 1.54) is 77.4 Å². The summed E-state index contributed by atoms with van der Waals surface area (Å²) >= 11 is 0. The van der Waals surface area contributed by atoms with Crippen LogP contribution in [0.25, 0.3) is 83.9 Å². The minimum atomic E-state index is 0.641. The van der Waals surface area contributed by atoms with Crippen LogP contribution in [0.5, 0.6) is 0 Å². The van der Waals surface area contributed by atoms with Gasteiger partial charge in [-0.05, 0) is 129 Å². The molecule has 4 nitrogen and oxygen atoms in total. The molecule has 0 N–H and O–H groups in total. The van der Waals surface area contributed by atoms with Crippen molar-refractivity contribution in [1.82, 2.24) is 19.5 Å². The topological polar surface area (TPSA) is 43.6 Å². The second kappa shape index (κ2) is 13.6. The van der Waals surface area contributed by atoms with Crippen molar-refractivity contribution in [3.05, 3.63) is 179 Å². The molecular weight excluding hydrogens is 669 g/mol. The Morgan fingerprint density at radius 2 is 0.764 bits per heavy atom. The predicted octanol–water partition coefficient (Wildman–Crippen LogP) is 13.2. The summed E-state index contributed by atoms with van der Waals surface area (Å²) < 4.78 is 2.41. The Labute approximate surface area is 322 Å². The van der Waals surface area contributed by atoms with Crippen molar-refractivity contribution in [2.24, 2.45) is 0 Å². The molecule has 0 unspecified atom stereocenters. The Morgan fingerprint density at radius 1 is 0.345 bits per heavy atom. The van der Waals surface area contributed by atoms with Crippen LogP contribution in [0.1, 0.15) is 33.4 Å². The highest BCUT2D eigenvalue weighted by atomic mass is 15.0. The molecule has 9 rings (SSSR count). The monoisotopic (exact) mass is 710 g/mol. The summed E-state index contributed by atoms with van der Waals surface area (Å²) in [4.78, 5) is 14.9. The highest BCUT2D eigenvalue weighted by Crippen LogP contribution is 2.40. The highest BCUT2D eigenvalue weighted by molar-refractivity contribution is 6.11. The molecule has 0 atom stereocenters. The van der Waals surface area contributed by atoms with Gasteiger partial charge in [0, 0.05) is 33.2 Å². The van der Waals surface area contributed by atoms with Gasteiger partial charge in [0.2, 0.25) is 0 Å². The second-order valence-electron chi connectivity index (χ2n) is 14.9. The molecule has 7 aromatic carbocycles. The van der Waals surface area contributed by atoms with Crippen molar-refractivity contribution < 1.29 is 0 Å². The molecule has 0 radical (unpaired) electrons. The van der Waals surface area contributed by atoms with Crippen molar-refractivity contribution in [2.45, 2.75) is 41.5 Å². The maximum Gasteiger partial charge on any atom is 0.164 e. The first-order chi connectivity index (χ1) is 26.7. The van der Waals surface area contributed by atoms with Crippen LogP contribution >= 0.6 is 0 Å². The van der Waals surface area contributed by atoms with Gasteiger partial charge in [-0.15, -0.1) is 0 Å². The molecule has 0 saturated heterocycles. The van der Waals surface area contributed by atoms with E-state index in [0.717, 1.165) is 22.4 Å². The molecule has 0 saturated carbocycles. The molecule has 0 aliphatic rings. The van der Waals surface area contributed by atoms with Crippen LogP contribution in [-0.4, -0.2) is 19.5 Å². The fraction of sp³-hybridized carbons (Fsp3) is 0.118. The number of rotatable bonds is 6. The number of fused-ring (bicyclic) bond motifs is 3. The molecule has 9 aromatic rings. The van der Waals surface area contributed by atoms with Crippen LogP contribution in [0.4, 0.5) is 0 Å². The first-order valence-corrected chi connectivity index (χ1v) is 18.9. The first-order valence-electron chi connectivity index (χ1n) is 18.9. The molecule has 4 heteroatoms. The zero-order chi connectivity index (χ0) is 37.8. The normalized spacial score (nSPS) is 11.5. The van der Waals surface area contributed by atoms with E-state index in [-0.39, 0.29) is 0 Å². The van der Waals surface area contributed by atoms with E-state index in [9.17, 15) is 0 Å². The van der Waals surface area contributed by atoms with E-state index < -0.39 is 0 Å². The molecule has 266 valence electrons. The third-order valence-corrected chi connectivity index (χ3v) is 10.8. The fourth-order valence-corrected chi connectivity index (χ4v) is 8.58. The van der Waals surface area contributed by atoms with E-state index in [1.807, 2.05) is 60.7 Å². The minimum Gasteiger partial charge on any atom is -0.309 e. The number of aryl methyl sites for hydroxylation is 6. The maximum absolute atomic E-state index is 4.99. The fourth-order valence-electron chi connectivity index (χ4n) is 8.58. The van der Waals surface area contributed by atoms with E-state index in [1.54, 1.807) is 0 Å². The maximum atomic E-state index is 4.99. The van der Waals surface area contributed by atoms with Gasteiger partial charge in [-0.1, -0.05) is 114 Å². The summed E-state index contributed by atoms with van der Waals surface area (Å²) in [5, 5.41) is 2.46. The smallest absolute Gasteiger partial charge is 0.164 e. The molecule has 2 aromatic heterocycles. The molecule has 0 amide bonds. The Hall–Kier alpha value is -6.65. The molecular formula is C51H42N4. The molecule has 0 aliphatic heterocycles. The van der Waals surface area contributed by atoms with Crippen LogP contribution in [0.15, 0.2) is 146 Å². The lowest BCUT2D eigenvalue weighted by molar-refractivity contribution is 1.07. The molecule has 55 heavy (non-hydrogen) atoms. The average Bonchev–Trinajstić information content (AvgIpc) is 3.50. The molecule has 0 bridgehead atoms. The van der Waals surface area contributed by atoms with Crippen molar-refractivity contribution >= 4 is 21.8 Å².